The van der Waals surface area contributed by atoms with Gasteiger partial charge >= 0.3 is 5.97 Å². The minimum atomic E-state index is -1.58. The van der Waals surface area contributed by atoms with Crippen molar-refractivity contribution in [3.63, 3.8) is 0 Å². The molecule has 7 atom stereocenters. The summed E-state index contributed by atoms with van der Waals surface area (Å²) in [4.78, 5) is 66.2. The summed E-state index contributed by atoms with van der Waals surface area (Å²) in [5.41, 5.74) is 2.18. The van der Waals surface area contributed by atoms with Gasteiger partial charge in [0.15, 0.2) is 6.04 Å². The molecule has 306 valence electrons. The van der Waals surface area contributed by atoms with Gasteiger partial charge in [-0.05, 0) is 22.8 Å². The monoisotopic (exact) mass is 800 g/mol. The van der Waals surface area contributed by atoms with E-state index in [4.69, 9.17) is 19.0 Å². The highest BCUT2D eigenvalue weighted by atomic mass is 16.8. The lowest BCUT2D eigenvalue weighted by molar-refractivity contribution is -0.214. The van der Waals surface area contributed by atoms with Crippen molar-refractivity contribution in [2.45, 2.75) is 61.7 Å². The number of rotatable bonds is 13. The highest BCUT2D eigenvalue weighted by Crippen LogP contribution is 2.59. The van der Waals surface area contributed by atoms with Gasteiger partial charge < -0.3 is 34.4 Å². The molecular weight excluding hydrogens is 753 g/mol. The molecule has 4 fully saturated rings. The topological polar surface area (TPSA) is 147 Å². The van der Waals surface area contributed by atoms with Crippen LogP contribution in [0.3, 0.4) is 0 Å². The lowest BCUT2D eigenvalue weighted by Crippen LogP contribution is -2.70. The minimum absolute atomic E-state index is 0.00137. The van der Waals surface area contributed by atoms with E-state index >= 15 is 4.79 Å². The van der Waals surface area contributed by atoms with E-state index in [1.165, 1.54) is 20.9 Å². The van der Waals surface area contributed by atoms with Crippen molar-refractivity contribution in [2.24, 2.45) is 5.41 Å². The third-order valence-corrected chi connectivity index (χ3v) is 11.8. The van der Waals surface area contributed by atoms with Crippen molar-refractivity contribution in [1.29, 1.82) is 0 Å². The van der Waals surface area contributed by atoms with E-state index in [1.807, 2.05) is 115 Å². The SMILES string of the molecule is CN(C)C(=O)C=Cc1cccc(CN2O[C@@H]3[C@H]4OC(c5ccccc5)(c5ccccc5)O[C@H]4[C@H]4C[C@]3(C(=O)N(C)[C@H](Cc3ccccc3)C(=O)NCCO)[C@@H]2C(=O)O4)c1. The van der Waals surface area contributed by atoms with Gasteiger partial charge in [0, 0.05) is 57.7 Å². The lowest BCUT2D eigenvalue weighted by atomic mass is 9.62. The molecule has 3 aliphatic heterocycles. The lowest BCUT2D eigenvalue weighted by Gasteiger charge is -2.50. The van der Waals surface area contributed by atoms with Gasteiger partial charge in [-0.2, -0.15) is 5.06 Å². The van der Waals surface area contributed by atoms with Gasteiger partial charge in [-0.1, -0.05) is 115 Å². The van der Waals surface area contributed by atoms with Crippen molar-refractivity contribution in [3.05, 3.63) is 149 Å². The van der Waals surface area contributed by atoms with E-state index in [9.17, 15) is 19.5 Å². The smallest absolute Gasteiger partial charge is 0.327 e. The van der Waals surface area contributed by atoms with Gasteiger partial charge in [0.05, 0.1) is 13.2 Å². The van der Waals surface area contributed by atoms with Crippen molar-refractivity contribution >= 4 is 29.8 Å². The minimum Gasteiger partial charge on any atom is -0.458 e. The average Bonchev–Trinajstić information content (AvgIpc) is 3.84. The molecule has 0 radical (unpaired) electrons. The number of carbonyl (C=O) groups excluding carboxylic acids is 4. The first-order valence-electron chi connectivity index (χ1n) is 19.8. The number of fused-ring (bicyclic) bond motifs is 4. The van der Waals surface area contributed by atoms with Gasteiger partial charge in [-0.25, -0.2) is 0 Å². The molecule has 1 saturated carbocycles. The Kier molecular flexibility index (Phi) is 11.2. The third-order valence-electron chi connectivity index (χ3n) is 11.8. The van der Waals surface area contributed by atoms with Crippen LogP contribution in [-0.2, 0) is 57.0 Å². The summed E-state index contributed by atoms with van der Waals surface area (Å²) in [5.74, 6) is -3.18. The Morgan fingerprint density at radius 1 is 0.864 bits per heavy atom. The number of aliphatic hydroxyl groups is 1. The molecule has 59 heavy (non-hydrogen) atoms. The predicted molar refractivity (Wildman–Crippen MR) is 216 cm³/mol. The second-order valence-electron chi connectivity index (χ2n) is 15.7. The second-order valence-corrected chi connectivity index (χ2v) is 15.7. The molecule has 0 aromatic heterocycles. The fourth-order valence-electron chi connectivity index (χ4n) is 8.97. The van der Waals surface area contributed by atoms with Crippen LogP contribution < -0.4 is 5.32 Å². The van der Waals surface area contributed by atoms with Gasteiger partial charge in [0.1, 0.15) is 35.9 Å². The molecule has 3 heterocycles. The van der Waals surface area contributed by atoms with Gasteiger partial charge in [0.25, 0.3) is 0 Å². The number of amides is 3. The number of nitrogens with one attached hydrogen (secondary N) is 1. The number of hydrogen-bond acceptors (Lipinski definition) is 10. The first-order valence-corrected chi connectivity index (χ1v) is 19.8. The molecule has 0 spiro atoms. The maximum Gasteiger partial charge on any atom is 0.327 e. The number of carbonyl (C=O) groups is 4. The van der Waals surface area contributed by atoms with Crippen LogP contribution in [0.4, 0.5) is 0 Å². The number of hydroxylamine groups is 2. The summed E-state index contributed by atoms with van der Waals surface area (Å²) in [6.45, 7) is -0.199. The predicted octanol–water partition coefficient (Wildman–Crippen LogP) is 3.45. The van der Waals surface area contributed by atoms with E-state index in [-0.39, 0.29) is 38.4 Å². The largest absolute Gasteiger partial charge is 0.458 e. The molecule has 4 aromatic rings. The zero-order valence-corrected chi connectivity index (χ0v) is 33.2. The maximum absolute atomic E-state index is 15.6. The van der Waals surface area contributed by atoms with Gasteiger partial charge in [-0.15, -0.1) is 0 Å². The van der Waals surface area contributed by atoms with E-state index < -0.39 is 65.5 Å². The Hall–Kier alpha value is -5.70. The molecule has 0 unspecified atom stereocenters. The third kappa shape index (κ3) is 7.34. The normalized spacial score (nSPS) is 25.8. The number of ether oxygens (including phenoxy) is 3. The van der Waals surface area contributed by atoms with Gasteiger partial charge in [0.2, 0.25) is 23.5 Å². The Balaban J connectivity index is 1.22. The zero-order valence-electron chi connectivity index (χ0n) is 33.2. The summed E-state index contributed by atoms with van der Waals surface area (Å²) in [7, 11) is 4.92. The summed E-state index contributed by atoms with van der Waals surface area (Å²) >= 11 is 0. The Labute approximate surface area is 343 Å². The molecule has 4 aliphatic rings. The number of likely N-dealkylation sites (N-methyl/N-ethyl adjacent to an activating group) is 2. The molecule has 2 bridgehead atoms. The molecule has 3 saturated heterocycles. The number of nitrogens with zero attached hydrogens (tertiary/aromatic N) is 3. The number of esters is 1. The Morgan fingerprint density at radius 3 is 2.14 bits per heavy atom. The molecule has 8 rings (SSSR count). The molecular formula is C46H48N4O9. The van der Waals surface area contributed by atoms with Crippen molar-refractivity contribution in [2.75, 3.05) is 34.3 Å². The Bertz CT molecular complexity index is 2160. The van der Waals surface area contributed by atoms with E-state index in [0.717, 1.165) is 16.7 Å². The van der Waals surface area contributed by atoms with Crippen molar-refractivity contribution < 1.29 is 43.3 Å². The first-order chi connectivity index (χ1) is 28.6. The molecule has 3 amide bonds. The highest BCUT2D eigenvalue weighted by Gasteiger charge is 2.77. The zero-order chi connectivity index (χ0) is 41.3. The molecule has 13 heteroatoms. The standard InChI is InChI=1S/C46H48N4O9/c1-48(2)37(52)23-22-31-16-13-17-32(26-31)29-50-40-43(54)56-36-28-45(40,44(55)49(3)35(42(53)47-24-25-51)27-30-14-7-4-8-15-30)41(59-50)39-38(36)57-46(58-39,33-18-9-5-10-19-33)34-20-11-6-12-21-34/h4-23,26,35-36,38-41,51H,24-25,27-29H2,1-3H3,(H,47,53)/t35-,36-,38+,39+,40+,41-,45+/m1/s1. The summed E-state index contributed by atoms with van der Waals surface area (Å²) in [5, 5.41) is 13.9. The summed E-state index contributed by atoms with van der Waals surface area (Å²) in [6, 6.07) is 33.6. The Morgan fingerprint density at radius 2 is 1.49 bits per heavy atom. The number of aliphatic hydroxyl groups excluding tert-OH is 1. The van der Waals surface area contributed by atoms with Crippen LogP contribution in [0.15, 0.2) is 121 Å². The molecule has 2 N–H and O–H groups in total. The quantitative estimate of drug-likeness (QED) is 0.152. The molecule has 1 aliphatic carbocycles. The fraction of sp³-hybridized carbons (Fsp3) is 0.348. The van der Waals surface area contributed by atoms with E-state index in [1.54, 1.807) is 27.2 Å². The van der Waals surface area contributed by atoms with Crippen molar-refractivity contribution in [1.82, 2.24) is 20.2 Å². The maximum atomic E-state index is 15.6. The van der Waals surface area contributed by atoms with Crippen molar-refractivity contribution in [3.8, 4) is 0 Å². The molecule has 13 nitrogen and oxygen atoms in total. The highest BCUT2D eigenvalue weighted by molar-refractivity contribution is 5.96. The first kappa shape index (κ1) is 40.1. The van der Waals surface area contributed by atoms with Gasteiger partial charge in [-0.3, -0.25) is 24.0 Å². The second kappa shape index (κ2) is 16.5. The summed E-state index contributed by atoms with van der Waals surface area (Å²) in [6.07, 6.45) is -0.263. The van der Waals surface area contributed by atoms with Crippen LogP contribution >= 0.6 is 0 Å². The fourth-order valence-corrected chi connectivity index (χ4v) is 8.97. The van der Waals surface area contributed by atoms with Crippen LogP contribution in [0.25, 0.3) is 6.08 Å². The summed E-state index contributed by atoms with van der Waals surface area (Å²) < 4.78 is 20.4. The molecule has 4 aromatic carbocycles. The van der Waals surface area contributed by atoms with E-state index in [2.05, 4.69) is 5.32 Å². The van der Waals surface area contributed by atoms with Crippen LogP contribution in [-0.4, -0.2) is 114 Å². The average molecular weight is 801 g/mol. The number of benzene rings is 4. The van der Waals surface area contributed by atoms with E-state index in [0.29, 0.717) is 11.1 Å². The van der Waals surface area contributed by atoms with Crippen LogP contribution in [0.2, 0.25) is 0 Å². The number of hydrogen-bond donors (Lipinski definition) is 2. The van der Waals surface area contributed by atoms with Crippen LogP contribution in [0.5, 0.6) is 0 Å². The van der Waals surface area contributed by atoms with Crippen LogP contribution in [0, 0.1) is 5.41 Å². The van der Waals surface area contributed by atoms with Crippen LogP contribution in [0.1, 0.15) is 34.2 Å².